The van der Waals surface area contributed by atoms with Gasteiger partial charge in [0, 0.05) is 0 Å². The molecule has 1 rings (SSSR count). The van der Waals surface area contributed by atoms with Crippen molar-refractivity contribution in [3.8, 4) is 11.5 Å². The number of carbonyl (C=O) groups excluding carboxylic acids is 1. The van der Waals surface area contributed by atoms with Crippen molar-refractivity contribution in [1.82, 2.24) is 0 Å². The summed E-state index contributed by atoms with van der Waals surface area (Å²) >= 11 is 0. The highest BCUT2D eigenvalue weighted by Crippen LogP contribution is 2.28. The summed E-state index contributed by atoms with van der Waals surface area (Å²) in [6.07, 6.45) is 0.212. The quantitative estimate of drug-likeness (QED) is 0.790. The normalized spacial score (nSPS) is 9.73. The van der Waals surface area contributed by atoms with Crippen LogP contribution in [0.3, 0.4) is 0 Å². The molecule has 82 valence electrons. The summed E-state index contributed by atoms with van der Waals surface area (Å²) in [5, 5.41) is 0. The molecule has 0 unspecified atom stereocenters. The monoisotopic (exact) mass is 209 g/mol. The molecule has 0 heterocycles. The van der Waals surface area contributed by atoms with Crippen molar-refractivity contribution in [2.45, 2.75) is 13.3 Å². The zero-order chi connectivity index (χ0) is 11.3. The van der Waals surface area contributed by atoms with Gasteiger partial charge in [0.15, 0.2) is 11.5 Å². The Kier molecular flexibility index (Phi) is 3.97. The van der Waals surface area contributed by atoms with E-state index in [1.807, 2.05) is 6.92 Å². The Morgan fingerprint density at radius 3 is 2.67 bits per heavy atom. The van der Waals surface area contributed by atoms with Crippen molar-refractivity contribution >= 4 is 5.91 Å². The van der Waals surface area contributed by atoms with E-state index >= 15 is 0 Å². The molecule has 0 aliphatic rings. The van der Waals surface area contributed by atoms with Gasteiger partial charge in [-0.1, -0.05) is 6.07 Å². The molecule has 4 heteroatoms. The predicted octanol–water partition coefficient (Wildman–Crippen LogP) is 1.12. The highest BCUT2D eigenvalue weighted by Gasteiger charge is 2.06. The maximum Gasteiger partial charge on any atom is 0.221 e. The number of benzene rings is 1. The summed E-state index contributed by atoms with van der Waals surface area (Å²) in [6, 6.07) is 5.34. The van der Waals surface area contributed by atoms with Crippen molar-refractivity contribution in [2.24, 2.45) is 5.73 Å². The minimum absolute atomic E-state index is 0.212. The molecule has 0 bridgehead atoms. The molecule has 0 radical (unpaired) electrons. The molecule has 0 saturated carbocycles. The molecule has 1 aromatic rings. The van der Waals surface area contributed by atoms with Crippen LogP contribution in [0.15, 0.2) is 18.2 Å². The van der Waals surface area contributed by atoms with Gasteiger partial charge in [-0.05, 0) is 24.6 Å². The molecule has 2 N–H and O–H groups in total. The van der Waals surface area contributed by atoms with Gasteiger partial charge in [-0.2, -0.15) is 0 Å². The van der Waals surface area contributed by atoms with Crippen LogP contribution in [0.5, 0.6) is 11.5 Å². The summed E-state index contributed by atoms with van der Waals surface area (Å²) < 4.78 is 10.5. The lowest BCUT2D eigenvalue weighted by Crippen LogP contribution is -2.13. The maximum absolute atomic E-state index is 10.7. The Labute approximate surface area is 89.0 Å². The van der Waals surface area contributed by atoms with Crippen molar-refractivity contribution in [1.29, 1.82) is 0 Å². The van der Waals surface area contributed by atoms with Gasteiger partial charge in [0.05, 0.1) is 20.1 Å². The molecule has 0 aliphatic heterocycles. The minimum atomic E-state index is -0.359. The smallest absolute Gasteiger partial charge is 0.221 e. The van der Waals surface area contributed by atoms with Crippen LogP contribution in [0.4, 0.5) is 0 Å². The fraction of sp³-hybridized carbons (Fsp3) is 0.364. The van der Waals surface area contributed by atoms with Crippen molar-refractivity contribution in [2.75, 3.05) is 13.7 Å². The summed E-state index contributed by atoms with van der Waals surface area (Å²) in [7, 11) is 1.58. The van der Waals surface area contributed by atoms with E-state index in [4.69, 9.17) is 15.2 Å². The first-order valence-corrected chi connectivity index (χ1v) is 4.75. The molecule has 15 heavy (non-hydrogen) atoms. The molecule has 0 spiro atoms. The van der Waals surface area contributed by atoms with Crippen LogP contribution >= 0.6 is 0 Å². The number of ether oxygens (including phenoxy) is 2. The fourth-order valence-corrected chi connectivity index (χ4v) is 1.30. The second-order valence-electron chi connectivity index (χ2n) is 3.06. The summed E-state index contributed by atoms with van der Waals surface area (Å²) in [4.78, 5) is 10.7. The van der Waals surface area contributed by atoms with E-state index in [0.29, 0.717) is 18.1 Å². The topological polar surface area (TPSA) is 61.5 Å². The third-order valence-corrected chi connectivity index (χ3v) is 1.91. The third kappa shape index (κ3) is 3.16. The molecule has 1 amide bonds. The van der Waals surface area contributed by atoms with Gasteiger partial charge >= 0.3 is 0 Å². The SMILES string of the molecule is CCOc1cc(CC(N)=O)ccc1OC. The van der Waals surface area contributed by atoms with E-state index in [1.54, 1.807) is 25.3 Å². The number of methoxy groups -OCH3 is 1. The molecule has 1 aromatic carbocycles. The number of hydrogen-bond donors (Lipinski definition) is 1. The van der Waals surface area contributed by atoms with Crippen LogP contribution in [0.1, 0.15) is 12.5 Å². The average molecular weight is 209 g/mol. The zero-order valence-corrected chi connectivity index (χ0v) is 8.95. The van der Waals surface area contributed by atoms with Crippen molar-refractivity contribution in [3.05, 3.63) is 23.8 Å². The van der Waals surface area contributed by atoms with E-state index in [9.17, 15) is 4.79 Å². The number of hydrogen-bond acceptors (Lipinski definition) is 3. The number of nitrogens with two attached hydrogens (primary N) is 1. The Morgan fingerprint density at radius 1 is 1.40 bits per heavy atom. The van der Waals surface area contributed by atoms with E-state index < -0.39 is 0 Å². The van der Waals surface area contributed by atoms with Gasteiger partial charge in [0.1, 0.15) is 0 Å². The van der Waals surface area contributed by atoms with Gasteiger partial charge < -0.3 is 15.2 Å². The zero-order valence-electron chi connectivity index (χ0n) is 8.95. The van der Waals surface area contributed by atoms with Gasteiger partial charge in [-0.3, -0.25) is 4.79 Å². The van der Waals surface area contributed by atoms with Crippen molar-refractivity contribution in [3.63, 3.8) is 0 Å². The van der Waals surface area contributed by atoms with Crippen LogP contribution in [-0.2, 0) is 11.2 Å². The predicted molar refractivity (Wildman–Crippen MR) is 57.1 cm³/mol. The molecule has 0 aromatic heterocycles. The first-order valence-electron chi connectivity index (χ1n) is 4.75. The van der Waals surface area contributed by atoms with Gasteiger partial charge in [-0.15, -0.1) is 0 Å². The van der Waals surface area contributed by atoms with Crippen LogP contribution in [0.25, 0.3) is 0 Å². The summed E-state index contributed by atoms with van der Waals surface area (Å²) in [5.41, 5.74) is 5.93. The highest BCUT2D eigenvalue weighted by atomic mass is 16.5. The highest BCUT2D eigenvalue weighted by molar-refractivity contribution is 5.76. The van der Waals surface area contributed by atoms with Gasteiger partial charge in [0.25, 0.3) is 0 Å². The molecule has 0 saturated heterocycles. The van der Waals surface area contributed by atoms with Gasteiger partial charge in [0.2, 0.25) is 5.91 Å². The molecule has 0 aliphatic carbocycles. The molecular weight excluding hydrogens is 194 g/mol. The lowest BCUT2D eigenvalue weighted by molar-refractivity contribution is -0.117. The summed E-state index contributed by atoms with van der Waals surface area (Å²) in [5.74, 6) is 0.937. The number of carbonyl (C=O) groups is 1. The van der Waals surface area contributed by atoms with Crippen molar-refractivity contribution < 1.29 is 14.3 Å². The van der Waals surface area contributed by atoms with Crippen LogP contribution in [-0.4, -0.2) is 19.6 Å². The molecular formula is C11H15NO3. The van der Waals surface area contributed by atoms with Crippen LogP contribution in [0, 0.1) is 0 Å². The Morgan fingerprint density at radius 2 is 2.13 bits per heavy atom. The first kappa shape index (κ1) is 11.4. The Bertz CT molecular complexity index is 350. The standard InChI is InChI=1S/C11H15NO3/c1-3-15-10-6-8(7-11(12)13)4-5-9(10)14-2/h4-6H,3,7H2,1-2H3,(H2,12,13). The average Bonchev–Trinajstić information content (AvgIpc) is 2.18. The Balaban J connectivity index is 2.93. The van der Waals surface area contributed by atoms with E-state index in [0.717, 1.165) is 5.56 Å². The number of amides is 1. The summed E-state index contributed by atoms with van der Waals surface area (Å²) in [6.45, 7) is 2.44. The van der Waals surface area contributed by atoms with E-state index in [-0.39, 0.29) is 12.3 Å². The largest absolute Gasteiger partial charge is 0.493 e. The van der Waals surface area contributed by atoms with E-state index in [1.165, 1.54) is 0 Å². The first-order chi connectivity index (χ1) is 7.17. The van der Waals surface area contributed by atoms with Gasteiger partial charge in [-0.25, -0.2) is 0 Å². The lowest BCUT2D eigenvalue weighted by atomic mass is 10.1. The molecule has 0 atom stereocenters. The van der Waals surface area contributed by atoms with Crippen LogP contribution < -0.4 is 15.2 Å². The second kappa shape index (κ2) is 5.24. The second-order valence-corrected chi connectivity index (χ2v) is 3.06. The fourth-order valence-electron chi connectivity index (χ4n) is 1.30. The number of rotatable bonds is 5. The molecule has 0 fully saturated rings. The minimum Gasteiger partial charge on any atom is -0.493 e. The third-order valence-electron chi connectivity index (χ3n) is 1.91. The molecule has 4 nitrogen and oxygen atoms in total. The van der Waals surface area contributed by atoms with E-state index in [2.05, 4.69) is 0 Å². The Hall–Kier alpha value is -1.71. The number of primary amides is 1. The van der Waals surface area contributed by atoms with Crippen LogP contribution in [0.2, 0.25) is 0 Å². The lowest BCUT2D eigenvalue weighted by Gasteiger charge is -2.10. The maximum atomic E-state index is 10.7.